The zero-order valence-corrected chi connectivity index (χ0v) is 8.82. The van der Waals surface area contributed by atoms with E-state index in [4.69, 9.17) is 19.9 Å². The van der Waals surface area contributed by atoms with Crippen molar-refractivity contribution in [3.8, 4) is 0 Å². The molecule has 0 aromatic carbocycles. The number of ether oxygens (including phenoxy) is 3. The Morgan fingerprint density at radius 2 is 2.00 bits per heavy atom. The molecular weight excluding hydrogens is 186 g/mol. The summed E-state index contributed by atoms with van der Waals surface area (Å²) in [6.07, 6.45) is 0.683. The summed E-state index contributed by atoms with van der Waals surface area (Å²) in [4.78, 5) is 10.9. The van der Waals surface area contributed by atoms with E-state index in [1.165, 1.54) is 0 Å². The summed E-state index contributed by atoms with van der Waals surface area (Å²) in [6.45, 7) is 3.66. The molecule has 0 heterocycles. The second-order valence-corrected chi connectivity index (χ2v) is 2.91. The number of methoxy groups -OCH3 is 1. The molecule has 14 heavy (non-hydrogen) atoms. The first kappa shape index (κ1) is 13.4. The molecule has 5 nitrogen and oxygen atoms in total. The molecule has 0 aliphatic rings. The highest BCUT2D eigenvalue weighted by atomic mass is 16.5. The Hall–Kier alpha value is -0.650. The fourth-order valence-corrected chi connectivity index (χ4v) is 0.710. The second kappa shape index (κ2) is 8.93. The molecule has 0 aliphatic carbocycles. The summed E-state index contributed by atoms with van der Waals surface area (Å²) in [7, 11) is 1.62. The predicted octanol–water partition coefficient (Wildman–Crippen LogP) is -0.0701. The molecule has 0 rings (SSSR count). The van der Waals surface area contributed by atoms with E-state index in [2.05, 4.69) is 0 Å². The van der Waals surface area contributed by atoms with Crippen LogP contribution in [0.1, 0.15) is 13.3 Å². The number of hydrogen-bond donors (Lipinski definition) is 1. The first-order valence-electron chi connectivity index (χ1n) is 4.67. The Balaban J connectivity index is 3.10. The molecule has 0 saturated heterocycles. The SMILES string of the molecule is COCCOCCCOC(=O)[C@H](C)N. The number of hydrogen-bond acceptors (Lipinski definition) is 5. The zero-order valence-electron chi connectivity index (χ0n) is 8.82. The Labute approximate surface area is 84.5 Å². The van der Waals surface area contributed by atoms with E-state index in [0.717, 1.165) is 0 Å². The summed E-state index contributed by atoms with van der Waals surface area (Å²) in [5, 5.41) is 0. The Kier molecular flexibility index (Phi) is 8.51. The molecule has 1 atom stereocenters. The number of nitrogens with two attached hydrogens (primary N) is 1. The zero-order chi connectivity index (χ0) is 10.8. The van der Waals surface area contributed by atoms with Crippen molar-refractivity contribution in [2.75, 3.05) is 33.5 Å². The van der Waals surface area contributed by atoms with Gasteiger partial charge in [-0.25, -0.2) is 0 Å². The second-order valence-electron chi connectivity index (χ2n) is 2.91. The van der Waals surface area contributed by atoms with Crippen molar-refractivity contribution < 1.29 is 19.0 Å². The van der Waals surface area contributed by atoms with Gasteiger partial charge in [0.25, 0.3) is 0 Å². The molecule has 0 aromatic heterocycles. The average Bonchev–Trinajstić information content (AvgIpc) is 2.16. The average molecular weight is 205 g/mol. The fraction of sp³-hybridized carbons (Fsp3) is 0.889. The monoisotopic (exact) mass is 205 g/mol. The van der Waals surface area contributed by atoms with Gasteiger partial charge >= 0.3 is 5.97 Å². The van der Waals surface area contributed by atoms with E-state index in [1.807, 2.05) is 0 Å². The minimum atomic E-state index is -0.551. The highest BCUT2D eigenvalue weighted by Crippen LogP contribution is 1.88. The quantitative estimate of drug-likeness (QED) is 0.443. The Bertz CT molecular complexity index is 150. The summed E-state index contributed by atoms with van der Waals surface area (Å²) >= 11 is 0. The predicted molar refractivity (Wildman–Crippen MR) is 51.9 cm³/mol. The van der Waals surface area contributed by atoms with Gasteiger partial charge in [-0.15, -0.1) is 0 Å². The number of esters is 1. The maximum absolute atomic E-state index is 10.9. The molecule has 0 fully saturated rings. The topological polar surface area (TPSA) is 70.8 Å². The van der Waals surface area contributed by atoms with Crippen LogP contribution in [0.15, 0.2) is 0 Å². The highest BCUT2D eigenvalue weighted by molar-refractivity contribution is 5.74. The maximum Gasteiger partial charge on any atom is 0.322 e. The van der Waals surface area contributed by atoms with Crippen molar-refractivity contribution >= 4 is 5.97 Å². The van der Waals surface area contributed by atoms with E-state index < -0.39 is 6.04 Å². The van der Waals surface area contributed by atoms with Crippen molar-refractivity contribution in [1.82, 2.24) is 0 Å². The van der Waals surface area contributed by atoms with Gasteiger partial charge in [0.2, 0.25) is 0 Å². The molecule has 0 spiro atoms. The standard InChI is InChI=1S/C9H19NO4/c1-8(10)9(11)14-5-3-4-13-7-6-12-2/h8H,3-7,10H2,1-2H3/t8-/m0/s1. The molecule has 84 valence electrons. The normalized spacial score (nSPS) is 12.5. The van der Waals surface area contributed by atoms with Crippen molar-refractivity contribution in [2.24, 2.45) is 5.73 Å². The third-order valence-corrected chi connectivity index (χ3v) is 1.48. The van der Waals surface area contributed by atoms with E-state index >= 15 is 0 Å². The minimum absolute atomic E-state index is 0.355. The van der Waals surface area contributed by atoms with Crippen LogP contribution < -0.4 is 5.73 Å². The third-order valence-electron chi connectivity index (χ3n) is 1.48. The third kappa shape index (κ3) is 7.97. The van der Waals surface area contributed by atoms with Crippen LogP contribution in [-0.4, -0.2) is 45.5 Å². The first-order valence-corrected chi connectivity index (χ1v) is 4.67. The van der Waals surface area contributed by atoms with Gasteiger partial charge in [-0.1, -0.05) is 0 Å². The number of carbonyl (C=O) groups is 1. The smallest absolute Gasteiger partial charge is 0.322 e. The van der Waals surface area contributed by atoms with Crippen LogP contribution in [0, 0.1) is 0 Å². The molecular formula is C9H19NO4. The van der Waals surface area contributed by atoms with Gasteiger partial charge in [-0.05, 0) is 6.92 Å². The lowest BCUT2D eigenvalue weighted by molar-refractivity contribution is -0.145. The van der Waals surface area contributed by atoms with Crippen LogP contribution in [0.2, 0.25) is 0 Å². The number of carbonyl (C=O) groups excluding carboxylic acids is 1. The largest absolute Gasteiger partial charge is 0.464 e. The van der Waals surface area contributed by atoms with Crippen LogP contribution in [-0.2, 0) is 19.0 Å². The van der Waals surface area contributed by atoms with Gasteiger partial charge in [-0.3, -0.25) is 4.79 Å². The Morgan fingerprint density at radius 3 is 2.57 bits per heavy atom. The molecule has 0 saturated carbocycles. The van der Waals surface area contributed by atoms with Crippen molar-refractivity contribution in [2.45, 2.75) is 19.4 Å². The van der Waals surface area contributed by atoms with Gasteiger partial charge in [-0.2, -0.15) is 0 Å². The molecule has 0 unspecified atom stereocenters. The first-order chi connectivity index (χ1) is 6.68. The van der Waals surface area contributed by atoms with Gasteiger partial charge < -0.3 is 19.9 Å². The van der Waals surface area contributed by atoms with Gasteiger partial charge in [0.05, 0.1) is 19.8 Å². The van der Waals surface area contributed by atoms with E-state index in [-0.39, 0.29) is 5.97 Å². The molecule has 5 heteroatoms. The van der Waals surface area contributed by atoms with Crippen molar-refractivity contribution in [1.29, 1.82) is 0 Å². The van der Waals surface area contributed by atoms with Crippen molar-refractivity contribution in [3.63, 3.8) is 0 Å². The molecule has 0 amide bonds. The minimum Gasteiger partial charge on any atom is -0.464 e. The van der Waals surface area contributed by atoms with E-state index in [9.17, 15) is 4.79 Å². The summed E-state index contributed by atoms with van der Waals surface area (Å²) < 4.78 is 14.8. The maximum atomic E-state index is 10.9. The molecule has 0 aliphatic heterocycles. The van der Waals surface area contributed by atoms with Crippen LogP contribution in [0.25, 0.3) is 0 Å². The summed E-state index contributed by atoms with van der Waals surface area (Å²) in [5.74, 6) is -0.373. The number of rotatable bonds is 8. The van der Waals surface area contributed by atoms with Gasteiger partial charge in [0.1, 0.15) is 6.04 Å². The molecule has 0 bridgehead atoms. The lowest BCUT2D eigenvalue weighted by Gasteiger charge is -2.07. The van der Waals surface area contributed by atoms with Gasteiger partial charge in [0.15, 0.2) is 0 Å². The fourth-order valence-electron chi connectivity index (χ4n) is 0.710. The van der Waals surface area contributed by atoms with Crippen LogP contribution in [0.5, 0.6) is 0 Å². The Morgan fingerprint density at radius 1 is 1.29 bits per heavy atom. The van der Waals surface area contributed by atoms with E-state index in [0.29, 0.717) is 32.8 Å². The highest BCUT2D eigenvalue weighted by Gasteiger charge is 2.07. The lowest BCUT2D eigenvalue weighted by Crippen LogP contribution is -2.29. The lowest BCUT2D eigenvalue weighted by atomic mass is 10.4. The van der Waals surface area contributed by atoms with Crippen LogP contribution in [0.4, 0.5) is 0 Å². The van der Waals surface area contributed by atoms with Crippen molar-refractivity contribution in [3.05, 3.63) is 0 Å². The summed E-state index contributed by atoms with van der Waals surface area (Å²) in [5.41, 5.74) is 5.29. The summed E-state index contributed by atoms with van der Waals surface area (Å²) in [6, 6.07) is -0.551. The molecule has 0 radical (unpaired) electrons. The molecule has 2 N–H and O–H groups in total. The van der Waals surface area contributed by atoms with Crippen LogP contribution >= 0.6 is 0 Å². The van der Waals surface area contributed by atoms with E-state index in [1.54, 1.807) is 14.0 Å². The van der Waals surface area contributed by atoms with Crippen LogP contribution in [0.3, 0.4) is 0 Å². The molecule has 0 aromatic rings. The van der Waals surface area contributed by atoms with Gasteiger partial charge in [0, 0.05) is 20.1 Å².